The van der Waals surface area contributed by atoms with E-state index in [2.05, 4.69) is 0 Å². The number of carboxylic acid groups (broad SMARTS) is 1. The zero-order chi connectivity index (χ0) is 16.6. The molecule has 0 saturated carbocycles. The van der Waals surface area contributed by atoms with Gasteiger partial charge >= 0.3 is 5.97 Å². The lowest BCUT2D eigenvalue weighted by Crippen LogP contribution is -2.05. The molecule has 6 heteroatoms. The summed E-state index contributed by atoms with van der Waals surface area (Å²) in [6.07, 6.45) is -0.226. The van der Waals surface area contributed by atoms with Crippen LogP contribution in [-0.2, 0) is 11.2 Å². The molecule has 1 aromatic heterocycles. The maximum atomic E-state index is 12.3. The van der Waals surface area contributed by atoms with Crippen LogP contribution in [0.2, 0.25) is 0 Å². The lowest BCUT2D eigenvalue weighted by atomic mass is 10.1. The SMILES string of the molecule is O=C(O)Cc1ccc2oc(-c3ccc(O)cc3)c(O)c(=O)c2c1. The highest BCUT2D eigenvalue weighted by molar-refractivity contribution is 5.83. The molecule has 0 unspecified atom stereocenters. The highest BCUT2D eigenvalue weighted by atomic mass is 16.4. The fraction of sp³-hybridized carbons (Fsp3) is 0.0588. The molecule has 3 rings (SSSR count). The van der Waals surface area contributed by atoms with Gasteiger partial charge in [-0.15, -0.1) is 0 Å². The van der Waals surface area contributed by atoms with Gasteiger partial charge in [-0.2, -0.15) is 0 Å². The minimum Gasteiger partial charge on any atom is -0.508 e. The Morgan fingerprint density at radius 1 is 1.04 bits per heavy atom. The van der Waals surface area contributed by atoms with Gasteiger partial charge in [0.25, 0.3) is 0 Å². The van der Waals surface area contributed by atoms with E-state index in [1.165, 1.54) is 36.4 Å². The number of phenolic OH excluding ortho intramolecular Hbond substituents is 1. The minimum absolute atomic E-state index is 0.00603. The smallest absolute Gasteiger partial charge is 0.307 e. The van der Waals surface area contributed by atoms with Crippen molar-refractivity contribution >= 4 is 16.9 Å². The van der Waals surface area contributed by atoms with Gasteiger partial charge in [-0.1, -0.05) is 6.07 Å². The number of phenols is 1. The molecule has 6 nitrogen and oxygen atoms in total. The van der Waals surface area contributed by atoms with Crippen LogP contribution in [0.4, 0.5) is 0 Å². The Hall–Kier alpha value is -3.28. The fourth-order valence-electron chi connectivity index (χ4n) is 2.33. The van der Waals surface area contributed by atoms with Crippen molar-refractivity contribution in [1.29, 1.82) is 0 Å². The first-order valence-corrected chi connectivity index (χ1v) is 6.75. The Bertz CT molecular complexity index is 953. The maximum Gasteiger partial charge on any atom is 0.307 e. The molecule has 0 fully saturated rings. The van der Waals surface area contributed by atoms with Crippen LogP contribution in [0.5, 0.6) is 11.5 Å². The second-order valence-electron chi connectivity index (χ2n) is 5.06. The van der Waals surface area contributed by atoms with Gasteiger partial charge < -0.3 is 19.7 Å². The third kappa shape index (κ3) is 2.74. The molecule has 0 bridgehead atoms. The Morgan fingerprint density at radius 3 is 2.39 bits per heavy atom. The maximum absolute atomic E-state index is 12.3. The molecule has 1 heterocycles. The van der Waals surface area contributed by atoms with Crippen LogP contribution in [0, 0.1) is 0 Å². The second kappa shape index (κ2) is 5.49. The van der Waals surface area contributed by atoms with Crippen LogP contribution in [0.3, 0.4) is 0 Å². The molecular formula is C17H12O6. The first-order valence-electron chi connectivity index (χ1n) is 6.75. The van der Waals surface area contributed by atoms with Crippen LogP contribution >= 0.6 is 0 Å². The summed E-state index contributed by atoms with van der Waals surface area (Å²) in [5, 5.41) is 28.3. The quantitative estimate of drug-likeness (QED) is 0.685. The number of rotatable bonds is 3. The molecule has 3 aromatic rings. The summed E-state index contributed by atoms with van der Waals surface area (Å²) in [4.78, 5) is 23.1. The van der Waals surface area contributed by atoms with Crippen molar-refractivity contribution in [1.82, 2.24) is 0 Å². The summed E-state index contributed by atoms with van der Waals surface area (Å²) in [5.74, 6) is -1.53. The van der Waals surface area contributed by atoms with Crippen molar-refractivity contribution in [2.75, 3.05) is 0 Å². The molecule has 23 heavy (non-hydrogen) atoms. The molecule has 0 aliphatic rings. The molecule has 0 saturated heterocycles. The summed E-state index contributed by atoms with van der Waals surface area (Å²) in [6, 6.07) is 10.3. The molecule has 0 aliphatic heterocycles. The average Bonchev–Trinajstić information content (AvgIpc) is 2.52. The van der Waals surface area contributed by atoms with Crippen LogP contribution in [-0.4, -0.2) is 21.3 Å². The minimum atomic E-state index is -1.02. The van der Waals surface area contributed by atoms with Gasteiger partial charge in [0.2, 0.25) is 11.2 Å². The zero-order valence-electron chi connectivity index (χ0n) is 11.8. The highest BCUT2D eigenvalue weighted by Crippen LogP contribution is 2.31. The number of carbonyl (C=O) groups is 1. The fourth-order valence-corrected chi connectivity index (χ4v) is 2.33. The number of aromatic hydroxyl groups is 2. The summed E-state index contributed by atoms with van der Waals surface area (Å²) in [6.45, 7) is 0. The molecule has 2 aromatic carbocycles. The molecule has 0 amide bonds. The van der Waals surface area contributed by atoms with E-state index in [-0.39, 0.29) is 28.9 Å². The van der Waals surface area contributed by atoms with E-state index in [1.54, 1.807) is 6.07 Å². The first kappa shape index (κ1) is 14.6. The van der Waals surface area contributed by atoms with E-state index in [9.17, 15) is 19.8 Å². The third-order valence-electron chi connectivity index (χ3n) is 3.42. The molecule has 116 valence electrons. The lowest BCUT2D eigenvalue weighted by molar-refractivity contribution is -0.136. The highest BCUT2D eigenvalue weighted by Gasteiger charge is 2.16. The van der Waals surface area contributed by atoms with E-state index < -0.39 is 17.1 Å². The summed E-state index contributed by atoms with van der Waals surface area (Å²) in [5.41, 5.74) is 0.481. The first-order chi connectivity index (χ1) is 11.0. The predicted molar refractivity (Wildman–Crippen MR) is 82.6 cm³/mol. The zero-order valence-corrected chi connectivity index (χ0v) is 11.8. The monoisotopic (exact) mass is 312 g/mol. The molecule has 0 atom stereocenters. The normalized spacial score (nSPS) is 10.8. The van der Waals surface area contributed by atoms with Crippen LogP contribution < -0.4 is 5.43 Å². The van der Waals surface area contributed by atoms with Gasteiger partial charge in [0.1, 0.15) is 11.3 Å². The van der Waals surface area contributed by atoms with E-state index in [1.807, 2.05) is 0 Å². The van der Waals surface area contributed by atoms with Crippen LogP contribution in [0.1, 0.15) is 5.56 Å². The summed E-state index contributed by atoms with van der Waals surface area (Å²) < 4.78 is 5.58. The number of hydrogen-bond donors (Lipinski definition) is 3. The van der Waals surface area contributed by atoms with E-state index in [0.29, 0.717) is 11.1 Å². The molecule has 0 radical (unpaired) electrons. The number of carboxylic acids is 1. The number of aliphatic carboxylic acids is 1. The lowest BCUT2D eigenvalue weighted by Gasteiger charge is -2.07. The standard InChI is InChI=1S/C17H12O6/c18-11-4-2-10(3-5-11)17-16(22)15(21)12-7-9(8-14(19)20)1-6-13(12)23-17/h1-7,18,22H,8H2,(H,19,20). The van der Waals surface area contributed by atoms with E-state index in [0.717, 1.165) is 0 Å². The van der Waals surface area contributed by atoms with Crippen LogP contribution in [0.25, 0.3) is 22.3 Å². The Morgan fingerprint density at radius 2 is 1.74 bits per heavy atom. The van der Waals surface area contributed by atoms with Crippen molar-refractivity contribution in [3.8, 4) is 22.8 Å². The summed E-state index contributed by atoms with van der Waals surface area (Å²) >= 11 is 0. The molecule has 0 spiro atoms. The van der Waals surface area contributed by atoms with Gasteiger partial charge in [-0.3, -0.25) is 9.59 Å². The van der Waals surface area contributed by atoms with E-state index >= 15 is 0 Å². The largest absolute Gasteiger partial charge is 0.508 e. The van der Waals surface area contributed by atoms with Crippen molar-refractivity contribution in [3.63, 3.8) is 0 Å². The third-order valence-corrected chi connectivity index (χ3v) is 3.42. The number of fused-ring (bicyclic) bond motifs is 1. The van der Waals surface area contributed by atoms with Gasteiger partial charge in [0, 0.05) is 5.56 Å². The van der Waals surface area contributed by atoms with Gasteiger partial charge in [0.05, 0.1) is 11.8 Å². The van der Waals surface area contributed by atoms with Crippen molar-refractivity contribution in [2.45, 2.75) is 6.42 Å². The predicted octanol–water partition coefficient (Wildman–Crippen LogP) is 2.50. The van der Waals surface area contributed by atoms with Crippen molar-refractivity contribution < 1.29 is 24.5 Å². The van der Waals surface area contributed by atoms with Crippen molar-refractivity contribution in [3.05, 3.63) is 58.3 Å². The Kier molecular flexibility index (Phi) is 3.50. The number of benzene rings is 2. The average molecular weight is 312 g/mol. The molecule has 0 aliphatic carbocycles. The molecule has 3 N–H and O–H groups in total. The van der Waals surface area contributed by atoms with E-state index in [4.69, 9.17) is 9.52 Å². The van der Waals surface area contributed by atoms with Crippen molar-refractivity contribution in [2.24, 2.45) is 0 Å². The molecular weight excluding hydrogens is 300 g/mol. The van der Waals surface area contributed by atoms with Crippen LogP contribution in [0.15, 0.2) is 51.7 Å². The summed E-state index contributed by atoms with van der Waals surface area (Å²) in [7, 11) is 0. The number of hydrogen-bond acceptors (Lipinski definition) is 5. The second-order valence-corrected chi connectivity index (χ2v) is 5.06. The Labute approximate surface area is 129 Å². The van der Waals surface area contributed by atoms with Gasteiger partial charge in [-0.05, 0) is 42.0 Å². The van der Waals surface area contributed by atoms with Gasteiger partial charge in [0.15, 0.2) is 5.76 Å². The topological polar surface area (TPSA) is 108 Å². The van der Waals surface area contributed by atoms with Gasteiger partial charge in [-0.25, -0.2) is 0 Å². The Balaban J connectivity index is 2.19.